The minimum Gasteiger partial charge on any atom is -0.495 e. The van der Waals surface area contributed by atoms with Gasteiger partial charge in [0.2, 0.25) is 0 Å². The first-order valence-electron chi connectivity index (χ1n) is 4.07. The standard InChI is InChI=1S/C11H10N2O/c1-14-11-6-5-9(8-10(11)13)4-2-3-7-12/h5-6,8H,3,13H2,1H3. The maximum atomic E-state index is 8.28. The summed E-state index contributed by atoms with van der Waals surface area (Å²) >= 11 is 0. The third-order valence-corrected chi connectivity index (χ3v) is 1.63. The van der Waals surface area contributed by atoms with Crippen LogP contribution in [0.5, 0.6) is 5.75 Å². The summed E-state index contributed by atoms with van der Waals surface area (Å²) in [5.41, 5.74) is 7.02. The molecule has 1 aromatic rings. The molecular weight excluding hydrogens is 176 g/mol. The lowest BCUT2D eigenvalue weighted by atomic mass is 10.2. The van der Waals surface area contributed by atoms with E-state index in [-0.39, 0.29) is 6.42 Å². The van der Waals surface area contributed by atoms with Crippen LogP contribution >= 0.6 is 0 Å². The summed E-state index contributed by atoms with van der Waals surface area (Å²) in [5.74, 6) is 6.17. The van der Waals surface area contributed by atoms with E-state index in [1.165, 1.54) is 0 Å². The van der Waals surface area contributed by atoms with Crippen LogP contribution in [0.2, 0.25) is 0 Å². The second-order valence-corrected chi connectivity index (χ2v) is 2.59. The van der Waals surface area contributed by atoms with Crippen molar-refractivity contribution < 1.29 is 4.74 Å². The Morgan fingerprint density at radius 2 is 2.29 bits per heavy atom. The number of hydrogen-bond acceptors (Lipinski definition) is 3. The number of nitrogens with two attached hydrogens (primary N) is 1. The summed E-state index contributed by atoms with van der Waals surface area (Å²) in [7, 11) is 1.56. The molecule has 0 spiro atoms. The lowest BCUT2D eigenvalue weighted by Crippen LogP contribution is -1.92. The van der Waals surface area contributed by atoms with Crippen LogP contribution in [-0.4, -0.2) is 7.11 Å². The smallest absolute Gasteiger partial charge is 0.141 e. The Bertz CT molecular complexity index is 421. The molecule has 0 heterocycles. The maximum absolute atomic E-state index is 8.28. The average Bonchev–Trinajstić information content (AvgIpc) is 2.18. The Hall–Kier alpha value is -2.13. The van der Waals surface area contributed by atoms with Gasteiger partial charge in [0.05, 0.1) is 25.3 Å². The van der Waals surface area contributed by atoms with Gasteiger partial charge in [0.15, 0.2) is 0 Å². The number of benzene rings is 1. The number of ether oxygens (including phenoxy) is 1. The maximum Gasteiger partial charge on any atom is 0.141 e. The van der Waals surface area contributed by atoms with Crippen molar-refractivity contribution >= 4 is 5.69 Å². The highest BCUT2D eigenvalue weighted by molar-refractivity contribution is 5.57. The quantitative estimate of drug-likeness (QED) is 0.534. The van der Waals surface area contributed by atoms with E-state index in [2.05, 4.69) is 11.8 Å². The molecule has 0 saturated carbocycles. The van der Waals surface area contributed by atoms with Gasteiger partial charge in [-0.05, 0) is 18.2 Å². The van der Waals surface area contributed by atoms with Crippen LogP contribution < -0.4 is 10.5 Å². The lowest BCUT2D eigenvalue weighted by Gasteiger charge is -2.03. The first-order chi connectivity index (χ1) is 6.77. The predicted molar refractivity (Wildman–Crippen MR) is 54.5 cm³/mol. The monoisotopic (exact) mass is 186 g/mol. The molecule has 0 aromatic heterocycles. The minimum atomic E-state index is 0.228. The molecule has 0 aliphatic carbocycles. The second kappa shape index (κ2) is 4.79. The molecular formula is C11H10N2O. The van der Waals surface area contributed by atoms with E-state index >= 15 is 0 Å². The third kappa shape index (κ3) is 2.43. The summed E-state index contributed by atoms with van der Waals surface area (Å²) < 4.78 is 5.00. The van der Waals surface area contributed by atoms with Gasteiger partial charge in [-0.2, -0.15) is 5.26 Å². The Morgan fingerprint density at radius 3 is 2.86 bits per heavy atom. The van der Waals surface area contributed by atoms with Gasteiger partial charge in [-0.15, -0.1) is 0 Å². The summed E-state index contributed by atoms with van der Waals surface area (Å²) in [6.07, 6.45) is 0.228. The van der Waals surface area contributed by atoms with Crippen LogP contribution in [-0.2, 0) is 0 Å². The van der Waals surface area contributed by atoms with Crippen molar-refractivity contribution in [1.82, 2.24) is 0 Å². The van der Waals surface area contributed by atoms with Crippen molar-refractivity contribution in [2.24, 2.45) is 0 Å². The highest BCUT2D eigenvalue weighted by atomic mass is 16.5. The number of nitriles is 1. The zero-order chi connectivity index (χ0) is 10.4. The molecule has 2 N–H and O–H groups in total. The fourth-order valence-electron chi connectivity index (χ4n) is 0.998. The molecule has 1 rings (SSSR count). The van der Waals surface area contributed by atoms with Gasteiger partial charge in [0.1, 0.15) is 5.75 Å². The van der Waals surface area contributed by atoms with E-state index in [0.29, 0.717) is 11.4 Å². The van der Waals surface area contributed by atoms with E-state index in [1.807, 2.05) is 6.07 Å². The SMILES string of the molecule is COc1ccc(C#CCC#N)cc1N. The summed E-state index contributed by atoms with van der Waals surface area (Å²) in [5, 5.41) is 8.28. The summed E-state index contributed by atoms with van der Waals surface area (Å²) in [6.45, 7) is 0. The van der Waals surface area contributed by atoms with Gasteiger partial charge in [-0.25, -0.2) is 0 Å². The van der Waals surface area contributed by atoms with E-state index in [9.17, 15) is 0 Å². The largest absolute Gasteiger partial charge is 0.495 e. The summed E-state index contributed by atoms with van der Waals surface area (Å²) in [6, 6.07) is 7.23. The van der Waals surface area contributed by atoms with E-state index in [1.54, 1.807) is 25.3 Å². The van der Waals surface area contributed by atoms with Gasteiger partial charge in [-0.1, -0.05) is 11.8 Å². The number of rotatable bonds is 1. The molecule has 0 aliphatic heterocycles. The fraction of sp³-hybridized carbons (Fsp3) is 0.182. The molecule has 0 saturated heterocycles. The highest BCUT2D eigenvalue weighted by Gasteiger charge is 1.97. The first-order valence-corrected chi connectivity index (χ1v) is 4.07. The Labute approximate surface area is 83.1 Å². The zero-order valence-electron chi connectivity index (χ0n) is 7.87. The van der Waals surface area contributed by atoms with Crippen molar-refractivity contribution in [2.75, 3.05) is 12.8 Å². The van der Waals surface area contributed by atoms with Crippen molar-refractivity contribution in [1.29, 1.82) is 5.26 Å². The van der Waals surface area contributed by atoms with E-state index < -0.39 is 0 Å². The summed E-state index contributed by atoms with van der Waals surface area (Å²) in [4.78, 5) is 0. The number of nitrogens with zero attached hydrogens (tertiary/aromatic N) is 1. The highest BCUT2D eigenvalue weighted by Crippen LogP contribution is 2.21. The van der Waals surface area contributed by atoms with Crippen molar-refractivity contribution in [3.05, 3.63) is 23.8 Å². The number of nitrogen functional groups attached to an aromatic ring is 1. The molecule has 0 fully saturated rings. The van der Waals surface area contributed by atoms with Gasteiger partial charge in [0.25, 0.3) is 0 Å². The van der Waals surface area contributed by atoms with Gasteiger partial charge < -0.3 is 10.5 Å². The van der Waals surface area contributed by atoms with Crippen LogP contribution in [0.1, 0.15) is 12.0 Å². The molecule has 1 aromatic carbocycles. The van der Waals surface area contributed by atoms with Gasteiger partial charge in [0, 0.05) is 5.56 Å². The average molecular weight is 186 g/mol. The predicted octanol–water partition coefficient (Wildman–Crippen LogP) is 1.54. The van der Waals surface area contributed by atoms with Crippen LogP contribution in [0.25, 0.3) is 0 Å². The van der Waals surface area contributed by atoms with Crippen LogP contribution in [0.3, 0.4) is 0 Å². The Morgan fingerprint density at radius 1 is 1.50 bits per heavy atom. The number of methoxy groups -OCH3 is 1. The van der Waals surface area contributed by atoms with Crippen LogP contribution in [0, 0.1) is 23.2 Å². The molecule has 3 nitrogen and oxygen atoms in total. The second-order valence-electron chi connectivity index (χ2n) is 2.59. The van der Waals surface area contributed by atoms with E-state index in [0.717, 1.165) is 5.56 Å². The van der Waals surface area contributed by atoms with Gasteiger partial charge in [-0.3, -0.25) is 0 Å². The Balaban J connectivity index is 2.89. The molecule has 0 bridgehead atoms. The molecule has 0 radical (unpaired) electrons. The molecule has 0 atom stereocenters. The van der Waals surface area contributed by atoms with Crippen molar-refractivity contribution in [2.45, 2.75) is 6.42 Å². The molecule has 14 heavy (non-hydrogen) atoms. The number of hydrogen-bond donors (Lipinski definition) is 1. The molecule has 3 heteroatoms. The van der Waals surface area contributed by atoms with Gasteiger partial charge >= 0.3 is 0 Å². The zero-order valence-corrected chi connectivity index (χ0v) is 7.87. The number of anilines is 1. The molecule has 0 aliphatic rings. The lowest BCUT2D eigenvalue weighted by molar-refractivity contribution is 0.417. The normalized spacial score (nSPS) is 8.29. The third-order valence-electron chi connectivity index (χ3n) is 1.63. The van der Waals surface area contributed by atoms with Crippen LogP contribution in [0.15, 0.2) is 18.2 Å². The topological polar surface area (TPSA) is 59.0 Å². The minimum absolute atomic E-state index is 0.228. The fourth-order valence-corrected chi connectivity index (χ4v) is 0.998. The Kier molecular flexibility index (Phi) is 3.41. The van der Waals surface area contributed by atoms with Crippen molar-refractivity contribution in [3.63, 3.8) is 0 Å². The molecule has 70 valence electrons. The first kappa shape index (κ1) is 9.95. The van der Waals surface area contributed by atoms with Crippen molar-refractivity contribution in [3.8, 4) is 23.7 Å². The van der Waals surface area contributed by atoms with Crippen LogP contribution in [0.4, 0.5) is 5.69 Å². The molecule has 0 amide bonds. The van der Waals surface area contributed by atoms with E-state index in [4.69, 9.17) is 15.7 Å². The molecule has 0 unspecified atom stereocenters.